The maximum atomic E-state index is 12.4. The molecule has 2 atom stereocenters. The van der Waals surface area contributed by atoms with Gasteiger partial charge in [-0.2, -0.15) is 0 Å². The number of carbonyl (C=O) groups is 3. The third-order valence-electron chi connectivity index (χ3n) is 4.10. The van der Waals surface area contributed by atoms with Crippen molar-refractivity contribution in [2.24, 2.45) is 11.8 Å². The predicted molar refractivity (Wildman–Crippen MR) is 92.6 cm³/mol. The predicted octanol–water partition coefficient (Wildman–Crippen LogP) is 3.19. The molecule has 0 amide bonds. The molecule has 1 aliphatic carbocycles. The maximum absolute atomic E-state index is 12.4. The molecule has 0 N–H and O–H groups in total. The number of hydrogen-bond donors (Lipinski definition) is 0. The van der Waals surface area contributed by atoms with Crippen molar-refractivity contribution in [1.82, 2.24) is 0 Å². The molecule has 6 heteroatoms. The number of carbonyl (C=O) groups excluding carboxylic acids is 3. The second-order valence-electron chi connectivity index (χ2n) is 6.29. The summed E-state index contributed by atoms with van der Waals surface area (Å²) in [6.07, 6.45) is 7.68. The standard InChI is InChI=1S/C19H30O6/c1-4-6-12-23-18(21)17(19(22)24-13-7-5-2)15-8-10-16(11-9-15)25-14(3)20/h8,10,15-17H,4-7,9,11-13H2,1-3H3/t15-,16+/m1/s1. The zero-order valence-electron chi connectivity index (χ0n) is 15.5. The summed E-state index contributed by atoms with van der Waals surface area (Å²) in [6.45, 7) is 5.98. The molecule has 0 radical (unpaired) electrons. The molecule has 0 saturated heterocycles. The van der Waals surface area contributed by atoms with Crippen molar-refractivity contribution in [3.05, 3.63) is 12.2 Å². The SMILES string of the molecule is CCCCOC(=O)C(C(=O)OCCCC)[C@@H]1C=C[C@H](OC(C)=O)CC1. The molecule has 1 rings (SSSR count). The van der Waals surface area contributed by atoms with Crippen LogP contribution in [0.5, 0.6) is 0 Å². The van der Waals surface area contributed by atoms with E-state index in [0.717, 1.165) is 25.7 Å². The number of hydrogen-bond acceptors (Lipinski definition) is 6. The minimum Gasteiger partial charge on any atom is -0.465 e. The van der Waals surface area contributed by atoms with Gasteiger partial charge in [-0.15, -0.1) is 0 Å². The van der Waals surface area contributed by atoms with Crippen LogP contribution in [0.4, 0.5) is 0 Å². The fraction of sp³-hybridized carbons (Fsp3) is 0.737. The molecule has 0 saturated carbocycles. The Morgan fingerprint density at radius 2 is 1.52 bits per heavy atom. The van der Waals surface area contributed by atoms with Gasteiger partial charge in [0.25, 0.3) is 0 Å². The van der Waals surface area contributed by atoms with E-state index in [1.165, 1.54) is 6.92 Å². The number of allylic oxidation sites excluding steroid dienone is 1. The monoisotopic (exact) mass is 354 g/mol. The van der Waals surface area contributed by atoms with Gasteiger partial charge >= 0.3 is 17.9 Å². The summed E-state index contributed by atoms with van der Waals surface area (Å²) in [6, 6.07) is 0. The summed E-state index contributed by atoms with van der Waals surface area (Å²) < 4.78 is 15.7. The van der Waals surface area contributed by atoms with Crippen molar-refractivity contribution in [1.29, 1.82) is 0 Å². The summed E-state index contributed by atoms with van der Waals surface area (Å²) in [7, 11) is 0. The third kappa shape index (κ3) is 7.71. The fourth-order valence-corrected chi connectivity index (χ4v) is 2.66. The molecule has 0 spiro atoms. The van der Waals surface area contributed by atoms with E-state index in [9.17, 15) is 14.4 Å². The van der Waals surface area contributed by atoms with Gasteiger partial charge < -0.3 is 14.2 Å². The zero-order valence-corrected chi connectivity index (χ0v) is 15.5. The highest BCUT2D eigenvalue weighted by molar-refractivity contribution is 5.95. The molecule has 0 aromatic rings. The quantitative estimate of drug-likeness (QED) is 0.197. The van der Waals surface area contributed by atoms with Gasteiger partial charge in [-0.1, -0.05) is 32.8 Å². The summed E-state index contributed by atoms with van der Waals surface area (Å²) in [5.41, 5.74) is 0. The van der Waals surface area contributed by atoms with Crippen LogP contribution in [0.15, 0.2) is 12.2 Å². The average Bonchev–Trinajstić information content (AvgIpc) is 2.57. The lowest BCUT2D eigenvalue weighted by molar-refractivity contribution is -0.165. The van der Waals surface area contributed by atoms with Gasteiger partial charge in [-0.05, 0) is 31.8 Å². The van der Waals surface area contributed by atoms with E-state index in [-0.39, 0.29) is 18.0 Å². The van der Waals surface area contributed by atoms with Gasteiger partial charge in [-0.3, -0.25) is 14.4 Å². The molecule has 142 valence electrons. The van der Waals surface area contributed by atoms with Gasteiger partial charge in [0.05, 0.1) is 13.2 Å². The zero-order chi connectivity index (χ0) is 18.7. The second-order valence-corrected chi connectivity index (χ2v) is 6.29. The first kappa shape index (κ1) is 21.2. The molecular formula is C19H30O6. The van der Waals surface area contributed by atoms with Crippen molar-refractivity contribution < 1.29 is 28.6 Å². The van der Waals surface area contributed by atoms with Crippen molar-refractivity contribution in [2.45, 2.75) is 65.4 Å². The number of rotatable bonds is 10. The Morgan fingerprint density at radius 1 is 0.960 bits per heavy atom. The maximum Gasteiger partial charge on any atom is 0.320 e. The fourth-order valence-electron chi connectivity index (χ4n) is 2.66. The van der Waals surface area contributed by atoms with Crippen LogP contribution < -0.4 is 0 Å². The molecule has 0 fully saturated rings. The van der Waals surface area contributed by atoms with Crippen LogP contribution in [0.25, 0.3) is 0 Å². The number of unbranched alkanes of at least 4 members (excludes halogenated alkanes) is 2. The van der Waals surface area contributed by atoms with Gasteiger partial charge in [0.1, 0.15) is 6.10 Å². The Labute approximate surface area is 149 Å². The number of ether oxygens (including phenoxy) is 3. The minimum atomic E-state index is -0.955. The molecule has 25 heavy (non-hydrogen) atoms. The van der Waals surface area contributed by atoms with Crippen molar-refractivity contribution in [2.75, 3.05) is 13.2 Å². The molecule has 6 nitrogen and oxygen atoms in total. The first-order valence-corrected chi connectivity index (χ1v) is 9.18. The smallest absolute Gasteiger partial charge is 0.320 e. The van der Waals surface area contributed by atoms with E-state index < -0.39 is 17.9 Å². The Balaban J connectivity index is 2.74. The topological polar surface area (TPSA) is 78.9 Å². The first-order valence-electron chi connectivity index (χ1n) is 9.18. The molecule has 0 unspecified atom stereocenters. The van der Waals surface area contributed by atoms with Crippen molar-refractivity contribution in [3.8, 4) is 0 Å². The number of esters is 3. The molecule has 1 aliphatic rings. The second kappa shape index (κ2) is 11.7. The van der Waals surface area contributed by atoms with Crippen LogP contribution >= 0.6 is 0 Å². The van der Waals surface area contributed by atoms with E-state index in [1.807, 2.05) is 13.8 Å². The van der Waals surface area contributed by atoms with E-state index in [2.05, 4.69) is 0 Å². The lowest BCUT2D eigenvalue weighted by Gasteiger charge is -2.27. The van der Waals surface area contributed by atoms with Crippen LogP contribution in [0.1, 0.15) is 59.3 Å². The molecule has 0 aromatic heterocycles. The van der Waals surface area contributed by atoms with Gasteiger partial charge in [0.2, 0.25) is 0 Å². The van der Waals surface area contributed by atoms with Gasteiger partial charge in [0.15, 0.2) is 5.92 Å². The third-order valence-corrected chi connectivity index (χ3v) is 4.10. The summed E-state index contributed by atoms with van der Waals surface area (Å²) in [4.78, 5) is 35.8. The molecule has 0 aromatic carbocycles. The van der Waals surface area contributed by atoms with Crippen LogP contribution in [0.2, 0.25) is 0 Å². The van der Waals surface area contributed by atoms with E-state index in [4.69, 9.17) is 14.2 Å². The lowest BCUT2D eigenvalue weighted by atomic mass is 9.83. The molecule has 0 aliphatic heterocycles. The molecule has 0 bridgehead atoms. The van der Waals surface area contributed by atoms with E-state index in [1.54, 1.807) is 12.2 Å². The first-order chi connectivity index (χ1) is 12.0. The highest BCUT2D eigenvalue weighted by atomic mass is 16.6. The Morgan fingerprint density at radius 3 is 1.92 bits per heavy atom. The molecular weight excluding hydrogens is 324 g/mol. The Kier molecular flexibility index (Phi) is 9.88. The van der Waals surface area contributed by atoms with Crippen LogP contribution in [-0.2, 0) is 28.6 Å². The van der Waals surface area contributed by atoms with Gasteiger partial charge in [-0.25, -0.2) is 0 Å². The largest absolute Gasteiger partial charge is 0.465 e. The molecule has 0 heterocycles. The van der Waals surface area contributed by atoms with Crippen molar-refractivity contribution >= 4 is 17.9 Å². The van der Waals surface area contributed by atoms with Crippen LogP contribution in [0, 0.1) is 11.8 Å². The Bertz CT molecular complexity index is 449. The highest BCUT2D eigenvalue weighted by Crippen LogP contribution is 2.28. The minimum absolute atomic E-state index is 0.296. The average molecular weight is 354 g/mol. The summed E-state index contributed by atoms with van der Waals surface area (Å²) in [5.74, 6) is -2.66. The van der Waals surface area contributed by atoms with Crippen molar-refractivity contribution in [3.63, 3.8) is 0 Å². The van der Waals surface area contributed by atoms with Crippen LogP contribution in [0.3, 0.4) is 0 Å². The summed E-state index contributed by atoms with van der Waals surface area (Å²) in [5, 5.41) is 0. The van der Waals surface area contributed by atoms with Crippen LogP contribution in [-0.4, -0.2) is 37.2 Å². The Hall–Kier alpha value is -1.85. The highest BCUT2D eigenvalue weighted by Gasteiger charge is 2.38. The van der Waals surface area contributed by atoms with E-state index >= 15 is 0 Å². The lowest BCUT2D eigenvalue weighted by Crippen LogP contribution is -2.36. The van der Waals surface area contributed by atoms with Gasteiger partial charge in [0, 0.05) is 12.8 Å². The summed E-state index contributed by atoms with van der Waals surface area (Å²) >= 11 is 0. The van der Waals surface area contributed by atoms with E-state index in [0.29, 0.717) is 26.1 Å². The normalized spacial score (nSPS) is 19.5.